The van der Waals surface area contributed by atoms with Gasteiger partial charge in [0.2, 0.25) is 10.0 Å². The fourth-order valence-corrected chi connectivity index (χ4v) is 3.71. The number of nitrogens with two attached hydrogens (primary N) is 1. The normalized spacial score (nSPS) is 17.5. The standard InChI is InChI=1S/C13H22N4O3S/c1-8(2)10-4-6-17(7-5-10)13(18)11-12(21(14,19)20)9(3)15-16-11/h8,10H,4-7H2,1-3H3,(H,15,16)(H2,14,19,20). The van der Waals surface area contributed by atoms with Crippen LogP contribution in [-0.2, 0) is 10.0 Å². The predicted molar refractivity (Wildman–Crippen MR) is 78.2 cm³/mol. The van der Waals surface area contributed by atoms with Crippen molar-refractivity contribution in [1.29, 1.82) is 0 Å². The molecular weight excluding hydrogens is 292 g/mol. The number of amides is 1. The Labute approximate surface area is 124 Å². The number of aromatic amines is 1. The third-order valence-electron chi connectivity index (χ3n) is 4.15. The zero-order chi connectivity index (χ0) is 15.8. The smallest absolute Gasteiger partial charge is 0.275 e. The van der Waals surface area contributed by atoms with E-state index in [0.29, 0.717) is 24.9 Å². The monoisotopic (exact) mass is 314 g/mol. The van der Waals surface area contributed by atoms with Crippen LogP contribution >= 0.6 is 0 Å². The number of primary sulfonamides is 1. The summed E-state index contributed by atoms with van der Waals surface area (Å²) >= 11 is 0. The van der Waals surface area contributed by atoms with Crippen LogP contribution in [-0.4, -0.2) is 42.5 Å². The summed E-state index contributed by atoms with van der Waals surface area (Å²) in [6.45, 7) is 7.14. The molecule has 0 aliphatic carbocycles. The first-order chi connectivity index (χ1) is 9.71. The van der Waals surface area contributed by atoms with Crippen LogP contribution in [0, 0.1) is 18.8 Å². The number of nitrogens with one attached hydrogen (secondary N) is 1. The largest absolute Gasteiger partial charge is 0.337 e. The highest BCUT2D eigenvalue weighted by atomic mass is 32.2. The number of carbonyl (C=O) groups excluding carboxylic acids is 1. The van der Waals surface area contributed by atoms with Gasteiger partial charge in [0, 0.05) is 13.1 Å². The van der Waals surface area contributed by atoms with Crippen LogP contribution in [0.5, 0.6) is 0 Å². The van der Waals surface area contributed by atoms with Crippen LogP contribution < -0.4 is 5.14 Å². The highest BCUT2D eigenvalue weighted by Gasteiger charge is 2.31. The molecule has 0 radical (unpaired) electrons. The van der Waals surface area contributed by atoms with E-state index in [0.717, 1.165) is 12.8 Å². The number of aryl methyl sites for hydroxylation is 1. The Hall–Kier alpha value is -1.41. The molecule has 0 spiro atoms. The number of likely N-dealkylation sites (tertiary alicyclic amines) is 1. The van der Waals surface area contributed by atoms with Crippen molar-refractivity contribution in [3.8, 4) is 0 Å². The summed E-state index contributed by atoms with van der Waals surface area (Å²) < 4.78 is 23.2. The zero-order valence-electron chi connectivity index (χ0n) is 12.6. The summed E-state index contributed by atoms with van der Waals surface area (Å²) in [5.74, 6) is 0.827. The molecule has 0 atom stereocenters. The molecule has 118 valence electrons. The molecule has 0 aromatic carbocycles. The number of hydrogen-bond acceptors (Lipinski definition) is 4. The molecular formula is C13H22N4O3S. The number of rotatable bonds is 3. The van der Waals surface area contributed by atoms with Gasteiger partial charge in [0.25, 0.3) is 5.91 Å². The van der Waals surface area contributed by atoms with Gasteiger partial charge in [-0.15, -0.1) is 0 Å². The van der Waals surface area contributed by atoms with Crippen LogP contribution in [0.15, 0.2) is 4.90 Å². The Morgan fingerprint density at radius 1 is 1.38 bits per heavy atom. The molecule has 0 saturated carbocycles. The Morgan fingerprint density at radius 3 is 2.43 bits per heavy atom. The lowest BCUT2D eigenvalue weighted by Crippen LogP contribution is -2.40. The maximum absolute atomic E-state index is 12.5. The van der Waals surface area contributed by atoms with Crippen molar-refractivity contribution in [3.63, 3.8) is 0 Å². The van der Waals surface area contributed by atoms with E-state index >= 15 is 0 Å². The first-order valence-corrected chi connectivity index (χ1v) is 8.63. The van der Waals surface area contributed by atoms with Gasteiger partial charge in [0.05, 0.1) is 5.69 Å². The van der Waals surface area contributed by atoms with Gasteiger partial charge in [0.1, 0.15) is 4.90 Å². The molecule has 0 bridgehead atoms. The Morgan fingerprint density at radius 2 is 1.95 bits per heavy atom. The number of nitrogens with zero attached hydrogens (tertiary/aromatic N) is 2. The number of aromatic nitrogens is 2. The first-order valence-electron chi connectivity index (χ1n) is 7.09. The van der Waals surface area contributed by atoms with Crippen LogP contribution in [0.4, 0.5) is 0 Å². The van der Waals surface area contributed by atoms with Crippen LogP contribution in [0.3, 0.4) is 0 Å². The minimum Gasteiger partial charge on any atom is -0.337 e. The quantitative estimate of drug-likeness (QED) is 0.862. The zero-order valence-corrected chi connectivity index (χ0v) is 13.4. The molecule has 1 amide bonds. The molecule has 21 heavy (non-hydrogen) atoms. The van der Waals surface area contributed by atoms with Crippen molar-refractivity contribution < 1.29 is 13.2 Å². The minimum atomic E-state index is -3.97. The molecule has 1 aliphatic heterocycles. The van der Waals surface area contributed by atoms with Crippen molar-refractivity contribution in [2.24, 2.45) is 17.0 Å². The summed E-state index contributed by atoms with van der Waals surface area (Å²) in [5, 5.41) is 11.5. The van der Waals surface area contributed by atoms with E-state index in [9.17, 15) is 13.2 Å². The number of H-pyrrole nitrogens is 1. The van der Waals surface area contributed by atoms with Gasteiger partial charge in [-0.2, -0.15) is 5.10 Å². The fraction of sp³-hybridized carbons (Fsp3) is 0.692. The van der Waals surface area contributed by atoms with Gasteiger partial charge < -0.3 is 4.90 Å². The van der Waals surface area contributed by atoms with Crippen molar-refractivity contribution in [2.75, 3.05) is 13.1 Å². The Kier molecular flexibility index (Phi) is 4.38. The second-order valence-electron chi connectivity index (χ2n) is 5.94. The molecule has 2 heterocycles. The van der Waals surface area contributed by atoms with Gasteiger partial charge in [-0.1, -0.05) is 13.8 Å². The first kappa shape index (κ1) is 16.0. The molecule has 1 saturated heterocycles. The summed E-state index contributed by atoms with van der Waals surface area (Å²) in [7, 11) is -3.97. The minimum absolute atomic E-state index is 0.0991. The van der Waals surface area contributed by atoms with Crippen LogP contribution in [0.1, 0.15) is 42.9 Å². The summed E-state index contributed by atoms with van der Waals surface area (Å²) in [5.41, 5.74) is 0.191. The maximum atomic E-state index is 12.5. The fourth-order valence-electron chi connectivity index (χ4n) is 2.83. The SMILES string of the molecule is Cc1[nH]nc(C(=O)N2CCC(C(C)C)CC2)c1S(N)(=O)=O. The van der Waals surface area contributed by atoms with E-state index < -0.39 is 10.0 Å². The van der Waals surface area contributed by atoms with Crippen molar-refractivity contribution in [1.82, 2.24) is 15.1 Å². The molecule has 2 rings (SSSR count). The number of carbonyl (C=O) groups is 1. The Balaban J connectivity index is 2.20. The van der Waals surface area contributed by atoms with Crippen molar-refractivity contribution in [2.45, 2.75) is 38.5 Å². The molecule has 1 aliphatic rings. The molecule has 3 N–H and O–H groups in total. The van der Waals surface area contributed by atoms with Crippen molar-refractivity contribution in [3.05, 3.63) is 11.4 Å². The van der Waals surface area contributed by atoms with E-state index in [-0.39, 0.29) is 22.2 Å². The van der Waals surface area contributed by atoms with Crippen LogP contribution in [0.2, 0.25) is 0 Å². The van der Waals surface area contributed by atoms with Gasteiger partial charge in [-0.3, -0.25) is 9.89 Å². The lowest BCUT2D eigenvalue weighted by atomic mass is 9.86. The maximum Gasteiger partial charge on any atom is 0.275 e. The third-order valence-corrected chi connectivity index (χ3v) is 5.22. The van der Waals surface area contributed by atoms with Gasteiger partial charge >= 0.3 is 0 Å². The summed E-state index contributed by atoms with van der Waals surface area (Å²) in [4.78, 5) is 13.9. The van der Waals surface area contributed by atoms with Gasteiger partial charge in [-0.25, -0.2) is 13.6 Å². The van der Waals surface area contributed by atoms with Gasteiger partial charge in [-0.05, 0) is 31.6 Å². The topological polar surface area (TPSA) is 109 Å². The van der Waals surface area contributed by atoms with Crippen molar-refractivity contribution >= 4 is 15.9 Å². The van der Waals surface area contributed by atoms with E-state index in [4.69, 9.17) is 5.14 Å². The molecule has 8 heteroatoms. The number of sulfonamides is 1. The highest BCUT2D eigenvalue weighted by molar-refractivity contribution is 7.89. The third kappa shape index (κ3) is 3.26. The lowest BCUT2D eigenvalue weighted by Gasteiger charge is -2.33. The van der Waals surface area contributed by atoms with E-state index in [1.54, 1.807) is 4.90 Å². The number of hydrogen-bond donors (Lipinski definition) is 2. The molecule has 7 nitrogen and oxygen atoms in total. The highest BCUT2D eigenvalue weighted by Crippen LogP contribution is 2.26. The predicted octanol–water partition coefficient (Wildman–Crippen LogP) is 0.874. The average Bonchev–Trinajstić information content (AvgIpc) is 2.80. The second-order valence-corrected chi connectivity index (χ2v) is 7.44. The van der Waals surface area contributed by atoms with E-state index in [2.05, 4.69) is 24.0 Å². The molecule has 1 fully saturated rings. The van der Waals surface area contributed by atoms with Crippen LogP contribution in [0.25, 0.3) is 0 Å². The molecule has 1 aromatic heterocycles. The average molecular weight is 314 g/mol. The summed E-state index contributed by atoms with van der Waals surface area (Å²) in [6, 6.07) is 0. The van der Waals surface area contributed by atoms with E-state index in [1.165, 1.54) is 6.92 Å². The molecule has 1 aromatic rings. The number of piperidine rings is 1. The lowest BCUT2D eigenvalue weighted by molar-refractivity contribution is 0.0658. The summed E-state index contributed by atoms with van der Waals surface area (Å²) in [6.07, 6.45) is 1.86. The second kappa shape index (κ2) is 5.76. The Bertz CT molecular complexity index is 628. The van der Waals surface area contributed by atoms with Gasteiger partial charge in [0.15, 0.2) is 5.69 Å². The van der Waals surface area contributed by atoms with E-state index in [1.807, 2.05) is 0 Å². The molecule has 0 unspecified atom stereocenters.